The average molecular weight is 341 g/mol. The summed E-state index contributed by atoms with van der Waals surface area (Å²) in [4.78, 5) is 19.2. The van der Waals surface area contributed by atoms with Gasteiger partial charge in [0.2, 0.25) is 5.91 Å². The van der Waals surface area contributed by atoms with E-state index in [2.05, 4.69) is 27.7 Å². The van der Waals surface area contributed by atoms with Crippen molar-refractivity contribution in [3.05, 3.63) is 41.4 Å². The van der Waals surface area contributed by atoms with E-state index in [9.17, 15) is 4.79 Å². The molecule has 1 aromatic heterocycles. The first kappa shape index (κ1) is 15.8. The Morgan fingerprint density at radius 1 is 1.25 bits per heavy atom. The minimum Gasteiger partial charge on any atom is -0.352 e. The summed E-state index contributed by atoms with van der Waals surface area (Å²) in [5, 5.41) is 6.48. The third-order valence-corrected chi connectivity index (χ3v) is 5.70. The monoisotopic (exact) mass is 341 g/mol. The minimum atomic E-state index is 0.266. The Morgan fingerprint density at radius 3 is 2.88 bits per heavy atom. The minimum absolute atomic E-state index is 0.266. The zero-order valence-corrected chi connectivity index (χ0v) is 14.6. The highest BCUT2D eigenvalue weighted by atomic mass is 32.1. The summed E-state index contributed by atoms with van der Waals surface area (Å²) in [5.41, 5.74) is 2.31. The molecule has 1 amide bonds. The van der Waals surface area contributed by atoms with Crippen LogP contribution < -0.4 is 5.32 Å². The molecule has 24 heavy (non-hydrogen) atoms. The number of benzene rings is 1. The number of amides is 1. The number of aromatic nitrogens is 1. The molecule has 1 saturated carbocycles. The molecular weight excluding hydrogens is 318 g/mol. The third kappa shape index (κ3) is 3.84. The molecule has 1 atom stereocenters. The van der Waals surface area contributed by atoms with Crippen molar-refractivity contribution in [3.8, 4) is 10.6 Å². The van der Waals surface area contributed by atoms with Gasteiger partial charge in [-0.1, -0.05) is 30.3 Å². The van der Waals surface area contributed by atoms with Crippen molar-refractivity contribution >= 4 is 17.2 Å². The lowest BCUT2D eigenvalue weighted by Crippen LogP contribution is -2.47. The SMILES string of the molecule is O=C(NC1CCCN(Cc2csc(-c3ccccc3)n2)C1)C1CC1. The molecule has 1 unspecified atom stereocenters. The molecule has 4 nitrogen and oxygen atoms in total. The maximum absolute atomic E-state index is 12.0. The maximum Gasteiger partial charge on any atom is 0.223 e. The number of rotatable bonds is 5. The number of hydrogen-bond acceptors (Lipinski definition) is 4. The number of piperidine rings is 1. The van der Waals surface area contributed by atoms with E-state index in [1.54, 1.807) is 11.3 Å². The van der Waals surface area contributed by atoms with Gasteiger partial charge < -0.3 is 5.32 Å². The van der Waals surface area contributed by atoms with Crippen LogP contribution in [0.2, 0.25) is 0 Å². The Labute approximate surface area is 146 Å². The highest BCUT2D eigenvalue weighted by Gasteiger charge is 2.32. The summed E-state index contributed by atoms with van der Waals surface area (Å²) in [6, 6.07) is 10.6. The molecule has 2 aliphatic rings. The number of likely N-dealkylation sites (tertiary alicyclic amines) is 1. The third-order valence-electron chi connectivity index (χ3n) is 4.76. The van der Waals surface area contributed by atoms with Crippen LogP contribution in [0.3, 0.4) is 0 Å². The second kappa shape index (κ2) is 7.03. The molecule has 2 fully saturated rings. The van der Waals surface area contributed by atoms with Gasteiger partial charge in [0.15, 0.2) is 0 Å². The predicted molar refractivity (Wildman–Crippen MR) is 96.7 cm³/mol. The molecule has 5 heteroatoms. The molecule has 2 aromatic rings. The van der Waals surface area contributed by atoms with Gasteiger partial charge in [0.25, 0.3) is 0 Å². The van der Waals surface area contributed by atoms with Gasteiger partial charge in [-0.25, -0.2) is 4.98 Å². The van der Waals surface area contributed by atoms with Crippen LogP contribution >= 0.6 is 11.3 Å². The van der Waals surface area contributed by atoms with Gasteiger partial charge in [-0.3, -0.25) is 9.69 Å². The smallest absolute Gasteiger partial charge is 0.223 e. The lowest BCUT2D eigenvalue weighted by atomic mass is 10.1. The van der Waals surface area contributed by atoms with Crippen LogP contribution in [-0.2, 0) is 11.3 Å². The van der Waals surface area contributed by atoms with E-state index in [0.29, 0.717) is 12.0 Å². The van der Waals surface area contributed by atoms with Crippen LogP contribution in [0.4, 0.5) is 0 Å². The quantitative estimate of drug-likeness (QED) is 0.907. The molecule has 1 aliphatic carbocycles. The fourth-order valence-corrected chi connectivity index (χ4v) is 4.12. The van der Waals surface area contributed by atoms with Crippen molar-refractivity contribution in [2.45, 2.75) is 38.3 Å². The van der Waals surface area contributed by atoms with Gasteiger partial charge in [-0.15, -0.1) is 11.3 Å². The zero-order chi connectivity index (χ0) is 16.4. The number of nitrogens with one attached hydrogen (secondary N) is 1. The molecule has 1 aliphatic heterocycles. The average Bonchev–Trinajstić information content (AvgIpc) is 3.36. The largest absolute Gasteiger partial charge is 0.352 e. The highest BCUT2D eigenvalue weighted by Crippen LogP contribution is 2.29. The van der Waals surface area contributed by atoms with Crippen LogP contribution in [-0.4, -0.2) is 34.9 Å². The Hall–Kier alpha value is -1.72. The molecule has 126 valence electrons. The van der Waals surface area contributed by atoms with Crippen molar-refractivity contribution in [2.24, 2.45) is 5.92 Å². The topological polar surface area (TPSA) is 45.2 Å². The molecular formula is C19H23N3OS. The molecule has 2 heterocycles. The Bertz CT molecular complexity index is 696. The van der Waals surface area contributed by atoms with Crippen LogP contribution in [0.15, 0.2) is 35.7 Å². The summed E-state index contributed by atoms with van der Waals surface area (Å²) >= 11 is 1.71. The van der Waals surface area contributed by atoms with Crippen LogP contribution in [0.1, 0.15) is 31.4 Å². The highest BCUT2D eigenvalue weighted by molar-refractivity contribution is 7.13. The standard InChI is InChI=1S/C19H23N3OS/c23-18(14-8-9-14)20-16-7-4-10-22(11-16)12-17-13-24-19(21-17)15-5-2-1-3-6-15/h1-3,5-6,13-14,16H,4,7-12H2,(H,20,23). The first-order valence-corrected chi connectivity index (χ1v) is 9.68. The van der Waals surface area contributed by atoms with Crippen LogP contribution in [0.25, 0.3) is 10.6 Å². The van der Waals surface area contributed by atoms with E-state index in [1.165, 1.54) is 5.56 Å². The van der Waals surface area contributed by atoms with E-state index in [-0.39, 0.29) is 5.91 Å². The summed E-state index contributed by atoms with van der Waals surface area (Å²) in [5.74, 6) is 0.564. The first-order chi connectivity index (χ1) is 11.8. The molecule has 1 saturated heterocycles. The maximum atomic E-state index is 12.0. The number of carbonyl (C=O) groups is 1. The van der Waals surface area contributed by atoms with E-state index in [1.807, 2.05) is 18.2 Å². The van der Waals surface area contributed by atoms with Gasteiger partial charge in [-0.05, 0) is 32.2 Å². The first-order valence-electron chi connectivity index (χ1n) is 8.80. The number of hydrogen-bond donors (Lipinski definition) is 1. The van der Waals surface area contributed by atoms with E-state index >= 15 is 0 Å². The zero-order valence-electron chi connectivity index (χ0n) is 13.8. The summed E-state index contributed by atoms with van der Waals surface area (Å²) in [7, 11) is 0. The second-order valence-electron chi connectivity index (χ2n) is 6.87. The molecule has 0 spiro atoms. The van der Waals surface area contributed by atoms with Crippen molar-refractivity contribution in [1.82, 2.24) is 15.2 Å². The fourth-order valence-electron chi connectivity index (χ4n) is 3.30. The van der Waals surface area contributed by atoms with Crippen LogP contribution in [0.5, 0.6) is 0 Å². The number of nitrogens with zero attached hydrogens (tertiary/aromatic N) is 2. The summed E-state index contributed by atoms with van der Waals surface area (Å²) in [6.45, 7) is 2.91. The predicted octanol–water partition coefficient (Wildman–Crippen LogP) is 3.30. The second-order valence-corrected chi connectivity index (χ2v) is 7.73. The van der Waals surface area contributed by atoms with Crippen LogP contribution in [0, 0.1) is 5.92 Å². The van der Waals surface area contributed by atoms with Gasteiger partial charge >= 0.3 is 0 Å². The van der Waals surface area contributed by atoms with Gasteiger partial charge in [0, 0.05) is 36.0 Å². The normalized spacial score (nSPS) is 21.6. The van der Waals surface area contributed by atoms with Crippen molar-refractivity contribution in [1.29, 1.82) is 0 Å². The van der Waals surface area contributed by atoms with Gasteiger partial charge in [0.1, 0.15) is 5.01 Å². The number of carbonyl (C=O) groups excluding carboxylic acids is 1. The van der Waals surface area contributed by atoms with Gasteiger partial charge in [-0.2, -0.15) is 0 Å². The Balaban J connectivity index is 1.34. The summed E-state index contributed by atoms with van der Waals surface area (Å²) in [6.07, 6.45) is 4.39. The molecule has 1 aromatic carbocycles. The van der Waals surface area contributed by atoms with Crippen molar-refractivity contribution in [2.75, 3.05) is 13.1 Å². The lowest BCUT2D eigenvalue weighted by molar-refractivity contribution is -0.123. The summed E-state index contributed by atoms with van der Waals surface area (Å²) < 4.78 is 0. The van der Waals surface area contributed by atoms with E-state index in [0.717, 1.165) is 56.0 Å². The Morgan fingerprint density at radius 2 is 2.08 bits per heavy atom. The molecule has 1 N–H and O–H groups in total. The van der Waals surface area contributed by atoms with Crippen molar-refractivity contribution in [3.63, 3.8) is 0 Å². The van der Waals surface area contributed by atoms with E-state index < -0.39 is 0 Å². The molecule has 0 radical (unpaired) electrons. The Kier molecular flexibility index (Phi) is 4.63. The lowest BCUT2D eigenvalue weighted by Gasteiger charge is -2.32. The fraction of sp³-hybridized carbons (Fsp3) is 0.474. The van der Waals surface area contributed by atoms with E-state index in [4.69, 9.17) is 4.98 Å². The molecule has 0 bridgehead atoms. The molecule has 4 rings (SSSR count). The van der Waals surface area contributed by atoms with Crippen molar-refractivity contribution < 1.29 is 4.79 Å². The number of thiazole rings is 1. The van der Waals surface area contributed by atoms with Gasteiger partial charge in [0.05, 0.1) is 5.69 Å².